The Labute approximate surface area is 100 Å². The van der Waals surface area contributed by atoms with Crippen LogP contribution in [0.5, 0.6) is 5.75 Å². The third-order valence-electron chi connectivity index (χ3n) is 2.50. The SMILES string of the molecule is CCOc1cccc(-c2nc(CO)[nH]c2C)c1. The molecule has 0 aliphatic rings. The van der Waals surface area contributed by atoms with E-state index in [4.69, 9.17) is 9.84 Å². The number of nitrogens with zero attached hydrogens (tertiary/aromatic N) is 1. The number of ether oxygens (including phenoxy) is 1. The van der Waals surface area contributed by atoms with Gasteiger partial charge in [-0.15, -0.1) is 0 Å². The Bertz CT molecular complexity index is 506. The molecule has 0 saturated carbocycles. The lowest BCUT2D eigenvalue weighted by Gasteiger charge is -2.04. The van der Waals surface area contributed by atoms with Crippen LogP contribution in [-0.2, 0) is 6.61 Å². The molecule has 1 aromatic heterocycles. The smallest absolute Gasteiger partial charge is 0.132 e. The van der Waals surface area contributed by atoms with Crippen molar-refractivity contribution in [1.82, 2.24) is 9.97 Å². The van der Waals surface area contributed by atoms with E-state index in [1.807, 2.05) is 38.1 Å². The predicted octanol–water partition coefficient (Wildman–Crippen LogP) is 2.28. The van der Waals surface area contributed by atoms with Crippen molar-refractivity contribution in [2.75, 3.05) is 6.61 Å². The van der Waals surface area contributed by atoms with Crippen molar-refractivity contribution in [3.63, 3.8) is 0 Å². The fraction of sp³-hybridized carbons (Fsp3) is 0.308. The zero-order chi connectivity index (χ0) is 12.3. The van der Waals surface area contributed by atoms with Crippen molar-refractivity contribution >= 4 is 0 Å². The maximum Gasteiger partial charge on any atom is 0.132 e. The number of benzene rings is 1. The highest BCUT2D eigenvalue weighted by atomic mass is 16.5. The van der Waals surface area contributed by atoms with Crippen molar-refractivity contribution in [1.29, 1.82) is 0 Å². The molecule has 4 nitrogen and oxygen atoms in total. The zero-order valence-electron chi connectivity index (χ0n) is 10.0. The highest BCUT2D eigenvalue weighted by Crippen LogP contribution is 2.25. The molecule has 0 aliphatic carbocycles. The fourth-order valence-electron chi connectivity index (χ4n) is 1.78. The van der Waals surface area contributed by atoms with Crippen LogP contribution in [0.2, 0.25) is 0 Å². The van der Waals surface area contributed by atoms with E-state index < -0.39 is 0 Å². The van der Waals surface area contributed by atoms with Gasteiger partial charge in [-0.25, -0.2) is 4.98 Å². The molecular formula is C13H16N2O2. The second-order valence-corrected chi connectivity index (χ2v) is 3.78. The molecule has 0 spiro atoms. The standard InChI is InChI=1S/C13H16N2O2/c1-3-17-11-6-4-5-10(7-11)13-9(2)14-12(8-16)15-13/h4-7,16H,3,8H2,1-2H3,(H,14,15). The van der Waals surface area contributed by atoms with Crippen LogP contribution in [0.4, 0.5) is 0 Å². The lowest BCUT2D eigenvalue weighted by atomic mass is 10.1. The quantitative estimate of drug-likeness (QED) is 0.850. The van der Waals surface area contributed by atoms with Crippen molar-refractivity contribution in [2.24, 2.45) is 0 Å². The third kappa shape index (κ3) is 2.47. The van der Waals surface area contributed by atoms with E-state index in [-0.39, 0.29) is 6.61 Å². The first-order valence-corrected chi connectivity index (χ1v) is 5.64. The first kappa shape index (κ1) is 11.7. The average molecular weight is 232 g/mol. The lowest BCUT2D eigenvalue weighted by molar-refractivity contribution is 0.272. The summed E-state index contributed by atoms with van der Waals surface area (Å²) in [6, 6.07) is 7.79. The molecule has 0 atom stereocenters. The Hall–Kier alpha value is -1.81. The lowest BCUT2D eigenvalue weighted by Crippen LogP contribution is -1.91. The van der Waals surface area contributed by atoms with E-state index in [0.29, 0.717) is 12.4 Å². The summed E-state index contributed by atoms with van der Waals surface area (Å²) in [5, 5.41) is 9.04. The minimum absolute atomic E-state index is 0.0774. The molecular weight excluding hydrogens is 216 g/mol. The van der Waals surface area contributed by atoms with E-state index in [0.717, 1.165) is 22.7 Å². The number of hydrogen-bond acceptors (Lipinski definition) is 3. The summed E-state index contributed by atoms with van der Waals surface area (Å²) in [7, 11) is 0. The maximum absolute atomic E-state index is 9.04. The van der Waals surface area contributed by atoms with Gasteiger partial charge in [0.1, 0.15) is 18.2 Å². The largest absolute Gasteiger partial charge is 0.494 e. The van der Waals surface area contributed by atoms with Crippen LogP contribution in [0.15, 0.2) is 24.3 Å². The Morgan fingerprint density at radius 3 is 2.88 bits per heavy atom. The average Bonchev–Trinajstić information content (AvgIpc) is 2.71. The number of imidazole rings is 1. The Balaban J connectivity index is 2.37. The summed E-state index contributed by atoms with van der Waals surface area (Å²) in [5.74, 6) is 1.41. The molecule has 0 unspecified atom stereocenters. The number of rotatable bonds is 4. The minimum Gasteiger partial charge on any atom is -0.494 e. The number of aliphatic hydroxyl groups excluding tert-OH is 1. The number of aromatic nitrogens is 2. The van der Waals surface area contributed by atoms with Gasteiger partial charge in [-0.1, -0.05) is 12.1 Å². The van der Waals surface area contributed by atoms with E-state index >= 15 is 0 Å². The summed E-state index contributed by atoms with van der Waals surface area (Å²) >= 11 is 0. The van der Waals surface area contributed by atoms with Crippen LogP contribution < -0.4 is 4.74 Å². The van der Waals surface area contributed by atoms with E-state index in [1.165, 1.54) is 0 Å². The van der Waals surface area contributed by atoms with Crippen molar-refractivity contribution in [3.8, 4) is 17.0 Å². The fourth-order valence-corrected chi connectivity index (χ4v) is 1.78. The molecule has 0 amide bonds. The Morgan fingerprint density at radius 1 is 1.41 bits per heavy atom. The number of hydrogen-bond donors (Lipinski definition) is 2. The molecule has 0 aliphatic heterocycles. The van der Waals surface area contributed by atoms with Crippen molar-refractivity contribution < 1.29 is 9.84 Å². The van der Waals surface area contributed by atoms with Crippen LogP contribution in [-0.4, -0.2) is 21.7 Å². The van der Waals surface area contributed by atoms with Gasteiger partial charge in [-0.3, -0.25) is 0 Å². The molecule has 4 heteroatoms. The Morgan fingerprint density at radius 2 is 2.24 bits per heavy atom. The molecule has 0 saturated heterocycles. The number of H-pyrrole nitrogens is 1. The van der Waals surface area contributed by atoms with E-state index in [1.54, 1.807) is 0 Å². The molecule has 1 aromatic carbocycles. The van der Waals surface area contributed by atoms with Crippen LogP contribution in [0.25, 0.3) is 11.3 Å². The van der Waals surface area contributed by atoms with Gasteiger partial charge in [-0.2, -0.15) is 0 Å². The molecule has 17 heavy (non-hydrogen) atoms. The maximum atomic E-state index is 9.04. The van der Waals surface area contributed by atoms with Gasteiger partial charge in [0.15, 0.2) is 0 Å². The molecule has 0 bridgehead atoms. The molecule has 0 fully saturated rings. The van der Waals surface area contributed by atoms with Crippen molar-refractivity contribution in [2.45, 2.75) is 20.5 Å². The molecule has 2 aromatic rings. The second kappa shape index (κ2) is 5.01. The van der Waals surface area contributed by atoms with Gasteiger partial charge < -0.3 is 14.8 Å². The summed E-state index contributed by atoms with van der Waals surface area (Å²) in [5.41, 5.74) is 2.79. The highest BCUT2D eigenvalue weighted by Gasteiger charge is 2.08. The van der Waals surface area contributed by atoms with Gasteiger partial charge in [0.05, 0.1) is 12.3 Å². The summed E-state index contributed by atoms with van der Waals surface area (Å²) in [6.45, 7) is 4.46. The number of nitrogens with one attached hydrogen (secondary N) is 1. The number of aromatic amines is 1. The normalized spacial score (nSPS) is 10.5. The molecule has 90 valence electrons. The van der Waals surface area contributed by atoms with Crippen LogP contribution in [0.3, 0.4) is 0 Å². The summed E-state index contributed by atoms with van der Waals surface area (Å²) in [6.07, 6.45) is 0. The van der Waals surface area contributed by atoms with Gasteiger partial charge in [0, 0.05) is 11.3 Å². The van der Waals surface area contributed by atoms with Gasteiger partial charge in [0.2, 0.25) is 0 Å². The summed E-state index contributed by atoms with van der Waals surface area (Å²) in [4.78, 5) is 7.38. The monoisotopic (exact) mass is 232 g/mol. The predicted molar refractivity (Wildman–Crippen MR) is 65.9 cm³/mol. The van der Waals surface area contributed by atoms with E-state index in [2.05, 4.69) is 9.97 Å². The van der Waals surface area contributed by atoms with Gasteiger partial charge in [-0.05, 0) is 26.0 Å². The van der Waals surface area contributed by atoms with Crippen LogP contribution in [0.1, 0.15) is 18.4 Å². The van der Waals surface area contributed by atoms with Crippen molar-refractivity contribution in [3.05, 3.63) is 35.8 Å². The molecule has 2 rings (SSSR count). The van der Waals surface area contributed by atoms with Crippen LogP contribution >= 0.6 is 0 Å². The zero-order valence-corrected chi connectivity index (χ0v) is 10.0. The highest BCUT2D eigenvalue weighted by molar-refractivity contribution is 5.63. The van der Waals surface area contributed by atoms with E-state index in [9.17, 15) is 0 Å². The first-order chi connectivity index (χ1) is 8.24. The van der Waals surface area contributed by atoms with Gasteiger partial charge in [0.25, 0.3) is 0 Å². The third-order valence-corrected chi connectivity index (χ3v) is 2.50. The molecule has 2 N–H and O–H groups in total. The molecule has 0 radical (unpaired) electrons. The summed E-state index contributed by atoms with van der Waals surface area (Å²) < 4.78 is 5.45. The van der Waals surface area contributed by atoms with Gasteiger partial charge >= 0.3 is 0 Å². The Kier molecular flexibility index (Phi) is 3.44. The van der Waals surface area contributed by atoms with Crippen LogP contribution in [0, 0.1) is 6.92 Å². The number of aliphatic hydroxyl groups is 1. The topological polar surface area (TPSA) is 58.1 Å². The second-order valence-electron chi connectivity index (χ2n) is 3.78. The minimum atomic E-state index is -0.0774. The first-order valence-electron chi connectivity index (χ1n) is 5.64. The number of aryl methyl sites for hydroxylation is 1. The molecule has 1 heterocycles.